The number of nitrogens with one attached hydrogen (secondary N) is 2. The van der Waals surface area contributed by atoms with Gasteiger partial charge in [0.1, 0.15) is 17.7 Å². The fraction of sp³-hybridized carbons (Fsp3) is 0.474. The molecule has 0 spiro atoms. The molecule has 0 unspecified atom stereocenters. The van der Waals surface area contributed by atoms with Crippen molar-refractivity contribution >= 4 is 12.1 Å². The van der Waals surface area contributed by atoms with Crippen LogP contribution in [0.2, 0.25) is 0 Å². The highest BCUT2D eigenvalue weighted by Gasteiger charge is 2.34. The third kappa shape index (κ3) is 5.21. The summed E-state index contributed by atoms with van der Waals surface area (Å²) >= 11 is 0. The number of ether oxygens (including phenoxy) is 1. The molecule has 1 aliphatic heterocycles. The number of amides is 1. The Bertz CT molecular complexity index is 821. The number of pyridine rings is 1. The molecule has 28 heavy (non-hydrogen) atoms. The van der Waals surface area contributed by atoms with E-state index in [9.17, 15) is 4.79 Å². The van der Waals surface area contributed by atoms with E-state index in [0.29, 0.717) is 25.6 Å². The Morgan fingerprint density at radius 2 is 2.14 bits per heavy atom. The van der Waals surface area contributed by atoms with Crippen molar-refractivity contribution in [3.63, 3.8) is 0 Å². The maximum atomic E-state index is 12.0. The molecule has 9 heteroatoms. The Morgan fingerprint density at radius 3 is 2.79 bits per heavy atom. The minimum Gasteiger partial charge on any atom is -0.444 e. The Balaban J connectivity index is 1.46. The Hall–Kier alpha value is -3.10. The number of imidazole rings is 1. The van der Waals surface area contributed by atoms with Crippen LogP contribution >= 0.6 is 0 Å². The molecule has 9 nitrogen and oxygen atoms in total. The van der Waals surface area contributed by atoms with Crippen LogP contribution in [0.5, 0.6) is 0 Å². The lowest BCUT2D eigenvalue weighted by atomic mass is 10.1. The molecule has 0 aliphatic carbocycles. The fourth-order valence-corrected chi connectivity index (χ4v) is 2.73. The summed E-state index contributed by atoms with van der Waals surface area (Å²) in [4.78, 5) is 26.3. The lowest BCUT2D eigenvalue weighted by molar-refractivity contribution is 0.00701. The van der Waals surface area contributed by atoms with Gasteiger partial charge >= 0.3 is 6.09 Å². The number of carbonyl (C=O) groups excluding carboxylic acids is 1. The van der Waals surface area contributed by atoms with Gasteiger partial charge in [-0.15, -0.1) is 0 Å². The molecule has 0 atom stereocenters. The van der Waals surface area contributed by atoms with Crippen LogP contribution in [0.25, 0.3) is 5.82 Å². The van der Waals surface area contributed by atoms with Crippen molar-refractivity contribution in [1.29, 1.82) is 0 Å². The number of hydrogen-bond donors (Lipinski definition) is 2. The van der Waals surface area contributed by atoms with Gasteiger partial charge < -0.3 is 20.3 Å². The van der Waals surface area contributed by atoms with Crippen molar-refractivity contribution < 1.29 is 9.53 Å². The molecule has 1 amide bonds. The van der Waals surface area contributed by atoms with E-state index in [0.717, 1.165) is 11.4 Å². The molecular formula is C19H27N7O2. The number of nitrogens with zero attached hydrogens (tertiary/aromatic N) is 5. The molecule has 1 saturated heterocycles. The molecule has 150 valence electrons. The average Bonchev–Trinajstić information content (AvgIpc) is 3.13. The normalized spacial score (nSPS) is 15.1. The van der Waals surface area contributed by atoms with Gasteiger partial charge in [-0.25, -0.2) is 14.8 Å². The van der Waals surface area contributed by atoms with E-state index in [-0.39, 0.29) is 12.1 Å². The Kier molecular flexibility index (Phi) is 5.81. The van der Waals surface area contributed by atoms with Crippen molar-refractivity contribution in [3.8, 4) is 5.82 Å². The van der Waals surface area contributed by atoms with Crippen molar-refractivity contribution in [1.82, 2.24) is 30.1 Å². The molecule has 1 aliphatic rings. The molecule has 3 rings (SSSR count). The number of likely N-dealkylation sites (tertiary alicyclic amines) is 1. The van der Waals surface area contributed by atoms with E-state index in [2.05, 4.69) is 25.6 Å². The summed E-state index contributed by atoms with van der Waals surface area (Å²) in [6.07, 6.45) is 6.78. The molecule has 0 aromatic carbocycles. The summed E-state index contributed by atoms with van der Waals surface area (Å²) in [6.45, 7) is 7.38. The van der Waals surface area contributed by atoms with Gasteiger partial charge in [0.25, 0.3) is 0 Å². The summed E-state index contributed by atoms with van der Waals surface area (Å²) in [5.74, 6) is 1.50. The average molecular weight is 385 g/mol. The van der Waals surface area contributed by atoms with Gasteiger partial charge in [-0.1, -0.05) is 0 Å². The quantitative estimate of drug-likeness (QED) is 0.612. The van der Waals surface area contributed by atoms with E-state index in [4.69, 9.17) is 4.74 Å². The van der Waals surface area contributed by atoms with Gasteiger partial charge in [-0.3, -0.25) is 9.56 Å². The van der Waals surface area contributed by atoms with E-state index in [1.54, 1.807) is 30.7 Å². The first-order chi connectivity index (χ1) is 13.3. The molecule has 0 radical (unpaired) electrons. The highest BCUT2D eigenvalue weighted by molar-refractivity contribution is 5.80. The van der Waals surface area contributed by atoms with Crippen molar-refractivity contribution in [2.45, 2.75) is 39.0 Å². The van der Waals surface area contributed by atoms with E-state index < -0.39 is 5.60 Å². The second-order valence-electron chi connectivity index (χ2n) is 7.64. The minimum atomic E-state index is -0.479. The minimum absolute atomic E-state index is 0.151. The third-order valence-corrected chi connectivity index (χ3v) is 4.14. The number of hydrogen-bond acceptors (Lipinski definition) is 5. The molecule has 0 saturated carbocycles. The van der Waals surface area contributed by atoms with Crippen LogP contribution < -0.4 is 10.6 Å². The monoisotopic (exact) mass is 385 g/mol. The van der Waals surface area contributed by atoms with E-state index in [1.807, 2.05) is 43.7 Å². The predicted molar refractivity (Wildman–Crippen MR) is 106 cm³/mol. The summed E-state index contributed by atoms with van der Waals surface area (Å²) in [6, 6.07) is 4.10. The largest absolute Gasteiger partial charge is 0.444 e. The summed E-state index contributed by atoms with van der Waals surface area (Å²) in [5.41, 5.74) is 0.596. The Morgan fingerprint density at radius 1 is 1.36 bits per heavy atom. The predicted octanol–water partition coefficient (Wildman–Crippen LogP) is 1.55. The summed E-state index contributed by atoms with van der Waals surface area (Å²) in [5, 5.41) is 6.61. The fourth-order valence-electron chi connectivity index (χ4n) is 2.73. The second-order valence-corrected chi connectivity index (χ2v) is 7.64. The van der Waals surface area contributed by atoms with Gasteiger partial charge in [0.05, 0.1) is 6.04 Å². The zero-order chi connectivity index (χ0) is 20.1. The lowest BCUT2D eigenvalue weighted by Crippen LogP contribution is -2.63. The van der Waals surface area contributed by atoms with Gasteiger partial charge in [0, 0.05) is 45.3 Å². The number of guanidine groups is 1. The second kappa shape index (κ2) is 8.28. The molecule has 2 aromatic heterocycles. The molecule has 3 heterocycles. The lowest BCUT2D eigenvalue weighted by Gasteiger charge is -2.40. The topological polar surface area (TPSA) is 96.7 Å². The van der Waals surface area contributed by atoms with Crippen molar-refractivity contribution in [2.75, 3.05) is 20.1 Å². The Labute approximate surface area is 164 Å². The maximum Gasteiger partial charge on any atom is 0.410 e. The number of aromatic nitrogens is 3. The van der Waals surface area contributed by atoms with Gasteiger partial charge in [0.2, 0.25) is 0 Å². The molecular weight excluding hydrogens is 358 g/mol. The molecule has 0 bridgehead atoms. The zero-order valence-corrected chi connectivity index (χ0v) is 16.7. The number of aliphatic imine (C=N–C) groups is 1. The maximum absolute atomic E-state index is 12.0. The molecule has 2 N–H and O–H groups in total. The van der Waals surface area contributed by atoms with Crippen molar-refractivity contribution in [3.05, 3.63) is 42.6 Å². The van der Waals surface area contributed by atoms with E-state index >= 15 is 0 Å². The number of rotatable bonds is 4. The van der Waals surface area contributed by atoms with E-state index in [1.165, 1.54) is 0 Å². The van der Waals surface area contributed by atoms with Gasteiger partial charge in [-0.05, 0) is 38.5 Å². The summed E-state index contributed by atoms with van der Waals surface area (Å²) in [7, 11) is 1.73. The van der Waals surface area contributed by atoms with Crippen LogP contribution in [-0.2, 0) is 11.3 Å². The van der Waals surface area contributed by atoms with Crippen molar-refractivity contribution in [2.24, 2.45) is 4.99 Å². The standard InChI is InChI=1S/C19H27N7O2/c1-19(2,3)28-18(27)26-11-15(12-26)24-17(20-4)23-10-14-5-6-22-16(9-14)25-8-7-21-13-25/h5-9,13,15H,10-12H2,1-4H3,(H2,20,23,24). The third-order valence-electron chi connectivity index (χ3n) is 4.14. The van der Waals surface area contributed by atoms with Crippen LogP contribution in [-0.4, -0.2) is 63.3 Å². The molecule has 1 fully saturated rings. The zero-order valence-electron chi connectivity index (χ0n) is 16.7. The SMILES string of the molecule is CN=C(NCc1ccnc(-n2ccnc2)c1)NC1CN(C(=O)OC(C)(C)C)C1. The van der Waals surface area contributed by atoms with Crippen LogP contribution in [0, 0.1) is 0 Å². The smallest absolute Gasteiger partial charge is 0.410 e. The first-order valence-electron chi connectivity index (χ1n) is 9.22. The first kappa shape index (κ1) is 19.7. The highest BCUT2D eigenvalue weighted by atomic mass is 16.6. The van der Waals surface area contributed by atoms with Crippen LogP contribution in [0.15, 0.2) is 42.0 Å². The first-order valence-corrected chi connectivity index (χ1v) is 9.22. The van der Waals surface area contributed by atoms with Crippen LogP contribution in [0.3, 0.4) is 0 Å². The molecule has 2 aromatic rings. The van der Waals surface area contributed by atoms with Gasteiger partial charge in [-0.2, -0.15) is 0 Å². The summed E-state index contributed by atoms with van der Waals surface area (Å²) < 4.78 is 7.23. The highest BCUT2D eigenvalue weighted by Crippen LogP contribution is 2.15. The van der Waals surface area contributed by atoms with Gasteiger partial charge in [0.15, 0.2) is 5.96 Å². The van der Waals surface area contributed by atoms with Crippen LogP contribution in [0.1, 0.15) is 26.3 Å². The number of carbonyl (C=O) groups is 1. The van der Waals surface area contributed by atoms with Crippen LogP contribution in [0.4, 0.5) is 4.79 Å².